The van der Waals surface area contributed by atoms with Gasteiger partial charge in [-0.1, -0.05) is 45.0 Å². The Balaban J connectivity index is 2.15. The van der Waals surface area contributed by atoms with Gasteiger partial charge in [-0.25, -0.2) is 0 Å². The van der Waals surface area contributed by atoms with Gasteiger partial charge in [0.25, 0.3) is 0 Å². The van der Waals surface area contributed by atoms with Gasteiger partial charge in [-0.2, -0.15) is 0 Å². The Morgan fingerprint density at radius 3 is 2.26 bits per heavy atom. The molecule has 0 saturated heterocycles. The van der Waals surface area contributed by atoms with E-state index in [0.29, 0.717) is 6.04 Å². The van der Waals surface area contributed by atoms with Crippen molar-refractivity contribution in [3.05, 3.63) is 59.5 Å². The molecule has 1 atom stereocenters. The van der Waals surface area contributed by atoms with Crippen molar-refractivity contribution in [3.8, 4) is 0 Å². The van der Waals surface area contributed by atoms with Crippen LogP contribution in [0.4, 0.5) is 0 Å². The van der Waals surface area contributed by atoms with Gasteiger partial charge in [0.1, 0.15) is 5.76 Å². The van der Waals surface area contributed by atoms with Gasteiger partial charge in [-0.05, 0) is 35.7 Å². The zero-order valence-corrected chi connectivity index (χ0v) is 12.2. The van der Waals surface area contributed by atoms with Crippen LogP contribution in [0, 0.1) is 0 Å². The topological polar surface area (TPSA) is 25.2 Å². The van der Waals surface area contributed by atoms with Crippen LogP contribution in [0.25, 0.3) is 0 Å². The van der Waals surface area contributed by atoms with Crippen LogP contribution in [-0.4, -0.2) is 7.05 Å². The van der Waals surface area contributed by atoms with Crippen LogP contribution in [0.2, 0.25) is 0 Å². The summed E-state index contributed by atoms with van der Waals surface area (Å²) in [6.07, 6.45) is 2.60. The molecule has 0 spiro atoms. The van der Waals surface area contributed by atoms with Crippen LogP contribution >= 0.6 is 0 Å². The standard InChI is InChI=1S/C17H23NO/c1-17(2,3)14-9-7-13(8-10-14)16(18-4)12-15-6-5-11-19-15/h5-11,16,18H,12H2,1-4H3. The molecule has 1 aromatic carbocycles. The van der Waals surface area contributed by atoms with Gasteiger partial charge >= 0.3 is 0 Å². The summed E-state index contributed by atoms with van der Waals surface area (Å²) in [5, 5.41) is 3.35. The number of hydrogen-bond acceptors (Lipinski definition) is 2. The maximum atomic E-state index is 5.43. The molecule has 2 aromatic rings. The quantitative estimate of drug-likeness (QED) is 0.892. The van der Waals surface area contributed by atoms with Crippen LogP contribution in [-0.2, 0) is 11.8 Å². The average molecular weight is 257 g/mol. The van der Waals surface area contributed by atoms with Crippen molar-refractivity contribution >= 4 is 0 Å². The van der Waals surface area contributed by atoms with E-state index >= 15 is 0 Å². The maximum absolute atomic E-state index is 5.43. The largest absolute Gasteiger partial charge is 0.469 e. The third-order valence-electron chi connectivity index (χ3n) is 3.51. The Labute approximate surface area is 115 Å². The van der Waals surface area contributed by atoms with Crippen molar-refractivity contribution in [1.29, 1.82) is 0 Å². The van der Waals surface area contributed by atoms with Gasteiger partial charge in [0.15, 0.2) is 0 Å². The molecule has 0 radical (unpaired) electrons. The van der Waals surface area contributed by atoms with Gasteiger partial charge in [-0.3, -0.25) is 0 Å². The van der Waals surface area contributed by atoms with Crippen LogP contribution in [0.1, 0.15) is 43.7 Å². The predicted octanol–water partition coefficient (Wildman–Crippen LogP) is 4.08. The van der Waals surface area contributed by atoms with Crippen molar-refractivity contribution in [3.63, 3.8) is 0 Å². The Morgan fingerprint density at radius 1 is 1.11 bits per heavy atom. The first-order valence-corrected chi connectivity index (χ1v) is 6.81. The molecule has 0 aliphatic rings. The van der Waals surface area contributed by atoms with E-state index in [2.05, 4.69) is 50.4 Å². The second-order valence-electron chi connectivity index (χ2n) is 6.00. The van der Waals surface area contributed by atoms with Gasteiger partial charge < -0.3 is 9.73 Å². The SMILES string of the molecule is CNC(Cc1ccco1)c1ccc(C(C)(C)C)cc1. The van der Waals surface area contributed by atoms with Crippen molar-refractivity contribution in [2.45, 2.75) is 38.6 Å². The lowest BCUT2D eigenvalue weighted by Gasteiger charge is -2.21. The highest BCUT2D eigenvalue weighted by Crippen LogP contribution is 2.25. The van der Waals surface area contributed by atoms with Crippen LogP contribution < -0.4 is 5.32 Å². The van der Waals surface area contributed by atoms with E-state index < -0.39 is 0 Å². The van der Waals surface area contributed by atoms with Crippen molar-refractivity contribution in [2.75, 3.05) is 7.05 Å². The zero-order chi connectivity index (χ0) is 13.9. The monoisotopic (exact) mass is 257 g/mol. The Bertz CT molecular complexity index is 491. The number of hydrogen-bond donors (Lipinski definition) is 1. The van der Waals surface area contributed by atoms with Crippen molar-refractivity contribution < 1.29 is 4.42 Å². The molecule has 0 saturated carbocycles. The summed E-state index contributed by atoms with van der Waals surface area (Å²) < 4.78 is 5.43. The highest BCUT2D eigenvalue weighted by Gasteiger charge is 2.15. The molecule has 0 bridgehead atoms. The van der Waals surface area contributed by atoms with E-state index in [1.165, 1.54) is 11.1 Å². The lowest BCUT2D eigenvalue weighted by molar-refractivity contribution is 0.465. The van der Waals surface area contributed by atoms with E-state index in [4.69, 9.17) is 4.42 Å². The number of benzene rings is 1. The Kier molecular flexibility index (Phi) is 4.11. The minimum Gasteiger partial charge on any atom is -0.469 e. The third-order valence-corrected chi connectivity index (χ3v) is 3.51. The maximum Gasteiger partial charge on any atom is 0.105 e. The second-order valence-corrected chi connectivity index (χ2v) is 6.00. The van der Waals surface area contributed by atoms with E-state index in [-0.39, 0.29) is 5.41 Å². The number of furan rings is 1. The molecular weight excluding hydrogens is 234 g/mol. The van der Waals surface area contributed by atoms with Crippen molar-refractivity contribution in [2.24, 2.45) is 0 Å². The summed E-state index contributed by atoms with van der Waals surface area (Å²) in [5.41, 5.74) is 2.87. The minimum absolute atomic E-state index is 0.203. The van der Waals surface area contributed by atoms with E-state index in [0.717, 1.165) is 12.2 Å². The summed E-state index contributed by atoms with van der Waals surface area (Å²) in [6.45, 7) is 6.71. The summed E-state index contributed by atoms with van der Waals surface area (Å²) in [7, 11) is 1.99. The molecule has 1 aromatic heterocycles. The first kappa shape index (κ1) is 13.9. The van der Waals surface area contributed by atoms with Crippen LogP contribution in [0.3, 0.4) is 0 Å². The first-order chi connectivity index (χ1) is 9.00. The molecule has 2 nitrogen and oxygen atoms in total. The van der Waals surface area contributed by atoms with Gasteiger partial charge in [-0.15, -0.1) is 0 Å². The lowest BCUT2D eigenvalue weighted by Crippen LogP contribution is -2.19. The van der Waals surface area contributed by atoms with Gasteiger partial charge in [0.05, 0.1) is 6.26 Å². The fourth-order valence-corrected chi connectivity index (χ4v) is 2.23. The van der Waals surface area contributed by atoms with E-state index in [9.17, 15) is 0 Å². The molecule has 0 aliphatic carbocycles. The van der Waals surface area contributed by atoms with E-state index in [1.54, 1.807) is 6.26 Å². The summed E-state index contributed by atoms with van der Waals surface area (Å²) >= 11 is 0. The highest BCUT2D eigenvalue weighted by atomic mass is 16.3. The number of rotatable bonds is 4. The normalized spacial score (nSPS) is 13.5. The Hall–Kier alpha value is -1.54. The van der Waals surface area contributed by atoms with Gasteiger partial charge in [0, 0.05) is 12.5 Å². The number of likely N-dealkylation sites (N-methyl/N-ethyl adjacent to an activating group) is 1. The molecule has 102 valence electrons. The molecule has 2 rings (SSSR count). The molecule has 2 heteroatoms. The lowest BCUT2D eigenvalue weighted by atomic mass is 9.86. The molecule has 0 amide bonds. The molecule has 1 unspecified atom stereocenters. The molecule has 1 heterocycles. The summed E-state index contributed by atoms with van der Waals surface area (Å²) in [6, 6.07) is 13.1. The fourth-order valence-electron chi connectivity index (χ4n) is 2.23. The zero-order valence-electron chi connectivity index (χ0n) is 12.2. The van der Waals surface area contributed by atoms with Crippen LogP contribution in [0.15, 0.2) is 47.1 Å². The smallest absolute Gasteiger partial charge is 0.105 e. The molecule has 0 fully saturated rings. The fraction of sp³-hybridized carbons (Fsp3) is 0.412. The second kappa shape index (κ2) is 5.62. The summed E-state index contributed by atoms with van der Waals surface area (Å²) in [5.74, 6) is 1.01. The molecule has 1 N–H and O–H groups in total. The van der Waals surface area contributed by atoms with Crippen molar-refractivity contribution in [1.82, 2.24) is 5.32 Å². The molecule has 19 heavy (non-hydrogen) atoms. The summed E-state index contributed by atoms with van der Waals surface area (Å²) in [4.78, 5) is 0. The average Bonchev–Trinajstić information content (AvgIpc) is 2.88. The molecular formula is C17H23NO. The number of nitrogens with one attached hydrogen (secondary N) is 1. The first-order valence-electron chi connectivity index (χ1n) is 6.81. The van der Waals surface area contributed by atoms with Crippen LogP contribution in [0.5, 0.6) is 0 Å². The molecule has 0 aliphatic heterocycles. The highest BCUT2D eigenvalue weighted by molar-refractivity contribution is 5.29. The Morgan fingerprint density at radius 2 is 1.79 bits per heavy atom. The predicted molar refractivity (Wildman–Crippen MR) is 79.4 cm³/mol. The van der Waals surface area contributed by atoms with E-state index in [1.807, 2.05) is 19.2 Å². The minimum atomic E-state index is 0.203. The van der Waals surface area contributed by atoms with Gasteiger partial charge in [0.2, 0.25) is 0 Å². The third kappa shape index (κ3) is 3.48.